The number of nitrogen functional groups attached to an aromatic ring is 1. The number of sulfonamides is 1. The Morgan fingerprint density at radius 3 is 2.33 bits per heavy atom. The number of nitrogens with zero attached hydrogens (tertiary/aromatic N) is 1. The molecule has 0 aromatic heterocycles. The lowest BCUT2D eigenvalue weighted by Crippen LogP contribution is -2.35. The molecule has 1 aromatic rings. The molecule has 0 fully saturated rings. The van der Waals surface area contributed by atoms with E-state index in [0.717, 1.165) is 25.7 Å². The third kappa shape index (κ3) is 6.46. The molecule has 5 nitrogen and oxygen atoms in total. The Balaban J connectivity index is 2.67. The molecule has 3 N–H and O–H groups in total. The average molecular weight is 314 g/mol. The summed E-state index contributed by atoms with van der Waals surface area (Å²) in [5, 5.41) is 9.08. The molecule has 0 heterocycles. The standard InChI is InChI=1S/C15H26N2O3S/c1-2-3-4-5-10-17(11-12-18)21(19,20)13-14-6-8-15(16)9-7-14/h6-9,18H,2-5,10-13,16H2,1H3. The van der Waals surface area contributed by atoms with Crippen LogP contribution in [0, 0.1) is 0 Å². The Labute approximate surface area is 127 Å². The topological polar surface area (TPSA) is 83.6 Å². The quantitative estimate of drug-likeness (QED) is 0.511. The van der Waals surface area contributed by atoms with Crippen molar-refractivity contribution in [3.63, 3.8) is 0 Å². The van der Waals surface area contributed by atoms with Gasteiger partial charge in [0, 0.05) is 18.8 Å². The predicted octanol–water partition coefficient (Wildman–Crippen LogP) is 1.97. The summed E-state index contributed by atoms with van der Waals surface area (Å²) in [6.07, 6.45) is 4.05. The van der Waals surface area contributed by atoms with Gasteiger partial charge in [0.2, 0.25) is 10.0 Å². The number of benzene rings is 1. The normalized spacial score (nSPS) is 12.0. The van der Waals surface area contributed by atoms with Gasteiger partial charge in [0.15, 0.2) is 0 Å². The van der Waals surface area contributed by atoms with E-state index in [9.17, 15) is 8.42 Å². The summed E-state index contributed by atoms with van der Waals surface area (Å²) in [5.41, 5.74) is 6.92. The van der Waals surface area contributed by atoms with Gasteiger partial charge in [-0.15, -0.1) is 0 Å². The Morgan fingerprint density at radius 2 is 1.76 bits per heavy atom. The zero-order valence-corrected chi connectivity index (χ0v) is 13.5. The van der Waals surface area contributed by atoms with E-state index in [2.05, 4.69) is 6.92 Å². The molecule has 0 aliphatic carbocycles. The van der Waals surface area contributed by atoms with Crippen LogP contribution in [0.1, 0.15) is 38.2 Å². The van der Waals surface area contributed by atoms with Crippen molar-refractivity contribution >= 4 is 15.7 Å². The first-order chi connectivity index (χ1) is 9.99. The number of aliphatic hydroxyl groups is 1. The van der Waals surface area contributed by atoms with Crippen molar-refractivity contribution in [1.82, 2.24) is 4.31 Å². The van der Waals surface area contributed by atoms with Gasteiger partial charge in [-0.25, -0.2) is 8.42 Å². The lowest BCUT2D eigenvalue weighted by molar-refractivity contribution is 0.251. The minimum Gasteiger partial charge on any atom is -0.399 e. The van der Waals surface area contributed by atoms with Crippen LogP contribution in [0.2, 0.25) is 0 Å². The van der Waals surface area contributed by atoms with Crippen LogP contribution in [0.5, 0.6) is 0 Å². The molecule has 6 heteroatoms. The molecule has 0 unspecified atom stereocenters. The van der Waals surface area contributed by atoms with Crippen molar-refractivity contribution in [2.24, 2.45) is 0 Å². The third-order valence-electron chi connectivity index (χ3n) is 3.33. The lowest BCUT2D eigenvalue weighted by Gasteiger charge is -2.21. The molecule has 0 atom stereocenters. The van der Waals surface area contributed by atoms with Crippen LogP contribution in [0.15, 0.2) is 24.3 Å². The minimum atomic E-state index is -3.41. The number of hydrogen-bond acceptors (Lipinski definition) is 4. The summed E-state index contributed by atoms with van der Waals surface area (Å²) >= 11 is 0. The van der Waals surface area contributed by atoms with E-state index >= 15 is 0 Å². The third-order valence-corrected chi connectivity index (χ3v) is 5.18. The summed E-state index contributed by atoms with van der Waals surface area (Å²) in [6.45, 7) is 2.58. The van der Waals surface area contributed by atoms with Gasteiger partial charge < -0.3 is 10.8 Å². The fourth-order valence-corrected chi connectivity index (χ4v) is 3.70. The van der Waals surface area contributed by atoms with E-state index < -0.39 is 10.0 Å². The van der Waals surface area contributed by atoms with Crippen molar-refractivity contribution in [1.29, 1.82) is 0 Å². The van der Waals surface area contributed by atoms with Gasteiger partial charge in [-0.3, -0.25) is 0 Å². The minimum absolute atomic E-state index is 0.0545. The van der Waals surface area contributed by atoms with Gasteiger partial charge in [0.05, 0.1) is 12.4 Å². The summed E-state index contributed by atoms with van der Waals surface area (Å²) in [7, 11) is -3.41. The first-order valence-electron chi connectivity index (χ1n) is 7.42. The van der Waals surface area contributed by atoms with E-state index in [1.54, 1.807) is 24.3 Å². The average Bonchev–Trinajstić information content (AvgIpc) is 2.44. The van der Waals surface area contributed by atoms with E-state index in [-0.39, 0.29) is 18.9 Å². The van der Waals surface area contributed by atoms with Crippen LogP contribution in [0.25, 0.3) is 0 Å². The van der Waals surface area contributed by atoms with Crippen LogP contribution < -0.4 is 5.73 Å². The fraction of sp³-hybridized carbons (Fsp3) is 0.600. The van der Waals surface area contributed by atoms with Crippen LogP contribution >= 0.6 is 0 Å². The van der Waals surface area contributed by atoms with E-state index in [0.29, 0.717) is 17.8 Å². The van der Waals surface area contributed by atoms with E-state index in [1.165, 1.54) is 4.31 Å². The van der Waals surface area contributed by atoms with E-state index in [1.807, 2.05) is 0 Å². The van der Waals surface area contributed by atoms with Gasteiger partial charge in [-0.2, -0.15) is 4.31 Å². The zero-order valence-electron chi connectivity index (χ0n) is 12.7. The number of nitrogens with two attached hydrogens (primary N) is 1. The maximum atomic E-state index is 12.4. The first kappa shape index (κ1) is 17.9. The molecule has 0 radical (unpaired) electrons. The van der Waals surface area contributed by atoms with Crippen LogP contribution in [0.3, 0.4) is 0 Å². The molecule has 1 aromatic carbocycles. The smallest absolute Gasteiger partial charge is 0.218 e. The molecule has 0 spiro atoms. The second-order valence-corrected chi connectivity index (χ2v) is 7.15. The summed E-state index contributed by atoms with van der Waals surface area (Å²) in [4.78, 5) is 0. The highest BCUT2D eigenvalue weighted by atomic mass is 32.2. The van der Waals surface area contributed by atoms with Crippen molar-refractivity contribution in [3.8, 4) is 0 Å². The molecule has 0 saturated heterocycles. The summed E-state index contributed by atoms with van der Waals surface area (Å²) in [5.74, 6) is -0.0545. The first-order valence-corrected chi connectivity index (χ1v) is 9.03. The largest absolute Gasteiger partial charge is 0.399 e. The van der Waals surface area contributed by atoms with Crippen molar-refractivity contribution in [2.45, 2.75) is 38.4 Å². The van der Waals surface area contributed by atoms with Crippen LogP contribution in [0.4, 0.5) is 5.69 Å². The molecule has 1 rings (SSSR count). The number of rotatable bonds is 10. The zero-order chi connectivity index (χ0) is 15.7. The van der Waals surface area contributed by atoms with Crippen LogP contribution in [-0.2, 0) is 15.8 Å². The Morgan fingerprint density at radius 1 is 1.10 bits per heavy atom. The maximum Gasteiger partial charge on any atom is 0.218 e. The van der Waals surface area contributed by atoms with Crippen molar-refractivity contribution in [2.75, 3.05) is 25.4 Å². The van der Waals surface area contributed by atoms with Crippen molar-refractivity contribution < 1.29 is 13.5 Å². The molecular weight excluding hydrogens is 288 g/mol. The van der Waals surface area contributed by atoms with Gasteiger partial charge in [-0.05, 0) is 24.1 Å². The number of hydrogen-bond donors (Lipinski definition) is 2. The Bertz CT molecular complexity index is 500. The Hall–Kier alpha value is -1.11. The summed E-state index contributed by atoms with van der Waals surface area (Å²) < 4.78 is 26.2. The molecule has 0 amide bonds. The van der Waals surface area contributed by atoms with Gasteiger partial charge in [0.1, 0.15) is 0 Å². The monoisotopic (exact) mass is 314 g/mol. The van der Waals surface area contributed by atoms with Gasteiger partial charge in [-0.1, -0.05) is 38.3 Å². The van der Waals surface area contributed by atoms with Crippen molar-refractivity contribution in [3.05, 3.63) is 29.8 Å². The number of anilines is 1. The molecule has 0 saturated carbocycles. The SMILES string of the molecule is CCCCCCN(CCO)S(=O)(=O)Cc1ccc(N)cc1. The highest BCUT2D eigenvalue weighted by Crippen LogP contribution is 2.14. The second-order valence-electron chi connectivity index (χ2n) is 5.18. The number of aliphatic hydroxyl groups excluding tert-OH is 1. The highest BCUT2D eigenvalue weighted by molar-refractivity contribution is 7.88. The summed E-state index contributed by atoms with van der Waals surface area (Å²) in [6, 6.07) is 6.84. The molecule has 120 valence electrons. The molecule has 21 heavy (non-hydrogen) atoms. The number of unbranched alkanes of at least 4 members (excludes halogenated alkanes) is 3. The Kier molecular flexibility index (Phi) is 7.71. The fourth-order valence-electron chi connectivity index (χ4n) is 2.13. The van der Waals surface area contributed by atoms with Gasteiger partial charge >= 0.3 is 0 Å². The highest BCUT2D eigenvalue weighted by Gasteiger charge is 2.21. The molecule has 0 bridgehead atoms. The van der Waals surface area contributed by atoms with E-state index in [4.69, 9.17) is 10.8 Å². The lowest BCUT2D eigenvalue weighted by atomic mass is 10.2. The molecule has 0 aliphatic rings. The second kappa shape index (κ2) is 9.02. The van der Waals surface area contributed by atoms with Crippen LogP contribution in [-0.4, -0.2) is 37.5 Å². The molecular formula is C15H26N2O3S. The maximum absolute atomic E-state index is 12.4. The molecule has 0 aliphatic heterocycles. The van der Waals surface area contributed by atoms with Gasteiger partial charge in [0.25, 0.3) is 0 Å². The predicted molar refractivity (Wildman–Crippen MR) is 86.3 cm³/mol.